The molecule has 26 heavy (non-hydrogen) atoms. The maximum atomic E-state index is 14.0. The fraction of sp³-hybridized carbons (Fsp3) is 0.222. The van der Waals surface area contributed by atoms with Gasteiger partial charge in [-0.3, -0.25) is 9.67 Å². The number of allylic oxidation sites excluding steroid dienone is 2. The van der Waals surface area contributed by atoms with Crippen molar-refractivity contribution in [3.05, 3.63) is 53.6 Å². The molecule has 0 amide bonds. The first-order chi connectivity index (χ1) is 12.3. The average Bonchev–Trinajstić information content (AvgIpc) is 2.84. The second kappa shape index (κ2) is 6.55. The first-order valence-corrected chi connectivity index (χ1v) is 8.04. The zero-order chi connectivity index (χ0) is 19.0. The molecule has 0 fully saturated rings. The van der Waals surface area contributed by atoms with E-state index in [1.165, 1.54) is 6.08 Å². The second-order valence-corrected chi connectivity index (χ2v) is 6.32. The Morgan fingerprint density at radius 3 is 2.77 bits per heavy atom. The van der Waals surface area contributed by atoms with Crippen LogP contribution in [0.1, 0.15) is 0 Å². The molecule has 2 heterocycles. The molecule has 1 aromatic carbocycles. The van der Waals surface area contributed by atoms with Crippen molar-refractivity contribution in [1.82, 2.24) is 9.78 Å². The lowest BCUT2D eigenvalue weighted by atomic mass is 10.1. The van der Waals surface area contributed by atoms with Gasteiger partial charge in [-0.25, -0.2) is 4.39 Å². The van der Waals surface area contributed by atoms with Crippen LogP contribution in [0.4, 0.5) is 15.9 Å². The van der Waals surface area contributed by atoms with E-state index in [-0.39, 0.29) is 17.9 Å². The highest BCUT2D eigenvalue weighted by atomic mass is 19.1. The first kappa shape index (κ1) is 17.5. The number of fused-ring (bicyclic) bond motifs is 1. The van der Waals surface area contributed by atoms with Crippen molar-refractivity contribution in [1.29, 1.82) is 0 Å². The molecule has 1 aliphatic heterocycles. The van der Waals surface area contributed by atoms with Crippen molar-refractivity contribution in [2.24, 2.45) is 23.5 Å². The number of anilines is 2. The predicted octanol–water partition coefficient (Wildman–Crippen LogP) is 2.00. The Labute approximate surface area is 151 Å². The molecule has 1 aromatic heterocycles. The number of nitrogens with zero attached hydrogens (tertiary/aromatic N) is 4. The Balaban J connectivity index is 2.01. The third kappa shape index (κ3) is 3.13. The molecule has 0 bridgehead atoms. The van der Waals surface area contributed by atoms with Gasteiger partial charge in [-0.2, -0.15) is 5.10 Å². The normalized spacial score (nSPS) is 14.8. The Bertz CT molecular complexity index is 979. The summed E-state index contributed by atoms with van der Waals surface area (Å²) in [5.74, 6) is 0.720. The molecular weight excluding hydrogens is 333 g/mol. The summed E-state index contributed by atoms with van der Waals surface area (Å²) < 4.78 is 15.8. The van der Waals surface area contributed by atoms with Crippen LogP contribution in [0, 0.1) is 0 Å². The van der Waals surface area contributed by atoms with Crippen LogP contribution in [0.3, 0.4) is 0 Å². The van der Waals surface area contributed by atoms with E-state index in [4.69, 9.17) is 11.5 Å². The third-order valence-corrected chi connectivity index (χ3v) is 4.10. The summed E-state index contributed by atoms with van der Waals surface area (Å²) in [7, 11) is 5.77. The van der Waals surface area contributed by atoms with E-state index >= 15 is 0 Å². The van der Waals surface area contributed by atoms with Crippen molar-refractivity contribution >= 4 is 28.2 Å². The van der Waals surface area contributed by atoms with Crippen LogP contribution < -0.4 is 21.7 Å². The molecule has 5 N–H and O–H groups in total. The molecular formula is C18H22FN7. The van der Waals surface area contributed by atoms with Crippen molar-refractivity contribution in [2.75, 3.05) is 30.9 Å². The van der Waals surface area contributed by atoms with Crippen LogP contribution in [0.2, 0.25) is 0 Å². The molecule has 1 aliphatic rings. The fourth-order valence-electron chi connectivity index (χ4n) is 2.76. The number of nitrogens with two attached hydrogens (primary N) is 2. The van der Waals surface area contributed by atoms with Gasteiger partial charge in [0, 0.05) is 43.5 Å². The number of hydrogen-bond donors (Lipinski definition) is 3. The van der Waals surface area contributed by atoms with E-state index in [0.717, 1.165) is 22.4 Å². The van der Waals surface area contributed by atoms with Gasteiger partial charge in [0.15, 0.2) is 5.82 Å². The summed E-state index contributed by atoms with van der Waals surface area (Å²) in [6, 6.07) is 5.83. The molecule has 2 aromatic rings. The highest BCUT2D eigenvalue weighted by molar-refractivity contribution is 6.12. The van der Waals surface area contributed by atoms with Gasteiger partial charge in [0.25, 0.3) is 0 Å². The number of amidine groups is 1. The van der Waals surface area contributed by atoms with Crippen LogP contribution >= 0.6 is 0 Å². The maximum Gasteiger partial charge on any atom is 0.158 e. The smallest absolute Gasteiger partial charge is 0.158 e. The number of nitrogens with one attached hydrogen (secondary N) is 1. The number of aliphatic imine (C=N–C) groups is 1. The van der Waals surface area contributed by atoms with E-state index in [0.29, 0.717) is 11.4 Å². The lowest BCUT2D eigenvalue weighted by Crippen LogP contribution is -2.19. The first-order valence-electron chi connectivity index (χ1n) is 8.04. The van der Waals surface area contributed by atoms with Gasteiger partial charge < -0.3 is 21.7 Å². The number of aryl methyl sites for hydroxylation is 1. The highest BCUT2D eigenvalue weighted by Crippen LogP contribution is 2.28. The van der Waals surface area contributed by atoms with Crippen LogP contribution in [-0.2, 0) is 7.05 Å². The standard InChI is InChI=1S/C18H22FN7/c1-10(20)12-8-14(19)15(21)9-22-17(12)23-11-5-6-16-13(7-11)18(25(2)3)24-26(16)4/h5-8H,1,9,20-21H2,2-4H3,(H,22,23). The van der Waals surface area contributed by atoms with Crippen molar-refractivity contribution in [3.8, 4) is 0 Å². The molecule has 3 rings (SSSR count). The van der Waals surface area contributed by atoms with Crippen LogP contribution in [-0.4, -0.2) is 36.3 Å². The van der Waals surface area contributed by atoms with Crippen LogP contribution in [0.25, 0.3) is 10.9 Å². The largest absolute Gasteiger partial charge is 0.399 e. The highest BCUT2D eigenvalue weighted by Gasteiger charge is 2.17. The summed E-state index contributed by atoms with van der Waals surface area (Å²) in [5.41, 5.74) is 13.9. The molecule has 0 unspecified atom stereocenters. The molecule has 0 saturated heterocycles. The Kier molecular flexibility index (Phi) is 4.41. The minimum atomic E-state index is -0.551. The van der Waals surface area contributed by atoms with E-state index < -0.39 is 5.83 Å². The molecule has 0 atom stereocenters. The van der Waals surface area contributed by atoms with Gasteiger partial charge in [-0.15, -0.1) is 0 Å². The lowest BCUT2D eigenvalue weighted by Gasteiger charge is -2.13. The summed E-state index contributed by atoms with van der Waals surface area (Å²) in [6.45, 7) is 3.74. The SMILES string of the molecule is C=C(N)C1=CC(F)=C(N)CN=C1Nc1ccc2c(c1)c(N(C)C)nn2C. The lowest BCUT2D eigenvalue weighted by molar-refractivity contribution is 0.649. The van der Waals surface area contributed by atoms with Crippen molar-refractivity contribution in [3.63, 3.8) is 0 Å². The zero-order valence-electron chi connectivity index (χ0n) is 15.0. The Hall–Kier alpha value is -3.29. The van der Waals surface area contributed by atoms with Crippen molar-refractivity contribution < 1.29 is 4.39 Å². The molecule has 8 heteroatoms. The summed E-state index contributed by atoms with van der Waals surface area (Å²) in [6.07, 6.45) is 1.25. The average molecular weight is 355 g/mol. The van der Waals surface area contributed by atoms with Gasteiger partial charge in [0.1, 0.15) is 11.7 Å². The topological polar surface area (TPSA) is 97.5 Å². The number of benzene rings is 1. The van der Waals surface area contributed by atoms with Gasteiger partial charge in [-0.1, -0.05) is 6.58 Å². The number of halogens is 1. The van der Waals surface area contributed by atoms with Crippen LogP contribution in [0.15, 0.2) is 58.6 Å². The summed E-state index contributed by atoms with van der Waals surface area (Å²) in [5, 5.41) is 8.70. The maximum absolute atomic E-state index is 14.0. The molecule has 0 aliphatic carbocycles. The van der Waals surface area contributed by atoms with Crippen molar-refractivity contribution in [2.45, 2.75) is 0 Å². The van der Waals surface area contributed by atoms with E-state index in [9.17, 15) is 4.39 Å². The molecule has 7 nitrogen and oxygen atoms in total. The zero-order valence-corrected chi connectivity index (χ0v) is 15.0. The minimum Gasteiger partial charge on any atom is -0.399 e. The fourth-order valence-corrected chi connectivity index (χ4v) is 2.76. The van der Waals surface area contributed by atoms with Gasteiger partial charge in [-0.05, 0) is 24.3 Å². The van der Waals surface area contributed by atoms with E-state index in [1.807, 2.05) is 48.9 Å². The molecule has 0 saturated carbocycles. The summed E-state index contributed by atoms with van der Waals surface area (Å²) >= 11 is 0. The molecule has 136 valence electrons. The van der Waals surface area contributed by atoms with E-state index in [2.05, 4.69) is 22.0 Å². The molecule has 0 spiro atoms. The Morgan fingerprint density at radius 2 is 2.12 bits per heavy atom. The van der Waals surface area contributed by atoms with Crippen LogP contribution in [0.5, 0.6) is 0 Å². The monoisotopic (exact) mass is 355 g/mol. The van der Waals surface area contributed by atoms with Gasteiger partial charge in [0.2, 0.25) is 0 Å². The second-order valence-electron chi connectivity index (χ2n) is 6.32. The Morgan fingerprint density at radius 1 is 1.38 bits per heavy atom. The number of aromatic nitrogens is 2. The number of hydrogen-bond acceptors (Lipinski definition) is 6. The molecule has 0 radical (unpaired) electrons. The quantitative estimate of drug-likeness (QED) is 0.782. The number of rotatable bonds is 3. The van der Waals surface area contributed by atoms with Gasteiger partial charge >= 0.3 is 0 Å². The minimum absolute atomic E-state index is 0.0412. The van der Waals surface area contributed by atoms with Gasteiger partial charge in [0.05, 0.1) is 17.8 Å². The summed E-state index contributed by atoms with van der Waals surface area (Å²) in [4.78, 5) is 6.28. The van der Waals surface area contributed by atoms with E-state index in [1.54, 1.807) is 0 Å². The third-order valence-electron chi connectivity index (χ3n) is 4.10. The predicted molar refractivity (Wildman–Crippen MR) is 105 cm³/mol.